The Morgan fingerprint density at radius 2 is 1.27 bits per heavy atom. The molecule has 0 unspecified atom stereocenters. The fourth-order valence-corrected chi connectivity index (χ4v) is 4.19. The summed E-state index contributed by atoms with van der Waals surface area (Å²) < 4.78 is 161. The smallest absolute Gasteiger partial charge is 0.320 e. The van der Waals surface area contributed by atoms with Gasteiger partial charge in [0.1, 0.15) is 5.82 Å². The highest BCUT2D eigenvalue weighted by Crippen LogP contribution is 2.54. The highest BCUT2D eigenvalue weighted by atomic mass is 127. The molecule has 0 fully saturated rings. The molecule has 0 saturated carbocycles. The van der Waals surface area contributed by atoms with Crippen LogP contribution in [-0.2, 0) is 11.8 Å². The number of carbonyl (C=O) groups excluding carboxylic acids is 2. The van der Waals surface area contributed by atoms with E-state index in [1.165, 1.54) is 0 Å². The maximum Gasteiger partial charge on any atom is 0.435 e. The van der Waals surface area contributed by atoms with E-state index in [2.05, 4.69) is 5.32 Å². The second kappa shape index (κ2) is 11.1. The first-order valence-electron chi connectivity index (χ1n) is 10.6. The van der Waals surface area contributed by atoms with E-state index in [0.717, 1.165) is 65.1 Å². The van der Waals surface area contributed by atoms with Gasteiger partial charge in [-0.15, -0.1) is 0 Å². The summed E-state index contributed by atoms with van der Waals surface area (Å²) in [5.74, 6) is -4.82. The Bertz CT molecular complexity index is 1470. The van der Waals surface area contributed by atoms with Crippen molar-refractivity contribution >= 4 is 45.8 Å². The van der Waals surface area contributed by atoms with E-state index in [4.69, 9.17) is 0 Å². The number of alkyl halides is 10. The zero-order valence-corrected chi connectivity index (χ0v) is 21.6. The van der Waals surface area contributed by atoms with E-state index in [0.29, 0.717) is 0 Å². The number of benzene rings is 3. The Kier molecular flexibility index (Phi) is 8.63. The van der Waals surface area contributed by atoms with Crippen LogP contribution in [0.5, 0.6) is 0 Å². The number of amides is 2. The lowest BCUT2D eigenvalue weighted by Gasteiger charge is -2.31. The Labute approximate surface area is 234 Å². The van der Waals surface area contributed by atoms with Crippen LogP contribution in [0.4, 0.5) is 64.1 Å². The maximum absolute atomic E-state index is 15.0. The minimum atomic E-state index is -6.72. The lowest BCUT2D eigenvalue weighted by Crippen LogP contribution is -2.50. The van der Waals surface area contributed by atoms with Crippen molar-refractivity contribution in [2.75, 3.05) is 10.6 Å². The van der Waals surface area contributed by atoms with Crippen LogP contribution < -0.4 is 10.6 Å². The van der Waals surface area contributed by atoms with Gasteiger partial charge in [-0.3, -0.25) is 9.59 Å². The van der Waals surface area contributed by atoms with Crippen molar-refractivity contribution in [3.63, 3.8) is 0 Å². The predicted molar refractivity (Wildman–Crippen MR) is 128 cm³/mol. The monoisotopic (exact) mass is 714 g/mol. The molecule has 0 aromatic heterocycles. The summed E-state index contributed by atoms with van der Waals surface area (Å²) >= 11 is 0.847. The summed E-state index contributed by atoms with van der Waals surface area (Å²) in [5.41, 5.74) is -14.1. The highest BCUT2D eigenvalue weighted by molar-refractivity contribution is 14.1. The normalized spacial score (nSPS) is 12.7. The first kappa shape index (κ1) is 32.0. The average molecular weight is 714 g/mol. The first-order chi connectivity index (χ1) is 18.7. The van der Waals surface area contributed by atoms with E-state index in [-0.39, 0.29) is 11.6 Å². The van der Waals surface area contributed by atoms with E-state index in [9.17, 15) is 57.9 Å². The van der Waals surface area contributed by atoms with Gasteiger partial charge in [0.15, 0.2) is 5.82 Å². The molecule has 0 atom stereocenters. The molecule has 0 bridgehead atoms. The van der Waals surface area contributed by atoms with Crippen LogP contribution in [0.3, 0.4) is 0 Å². The van der Waals surface area contributed by atoms with E-state index < -0.39 is 85.3 Å². The summed E-state index contributed by atoms with van der Waals surface area (Å²) in [5, 5.41) is 3.62. The molecule has 0 spiro atoms. The molecule has 4 nitrogen and oxygen atoms in total. The van der Waals surface area contributed by atoms with Crippen molar-refractivity contribution < 1.29 is 62.3 Å². The van der Waals surface area contributed by atoms with Crippen LogP contribution in [0.25, 0.3) is 0 Å². The minimum absolute atomic E-state index is 0.147. The van der Waals surface area contributed by atoms with Crippen molar-refractivity contribution in [1.29, 1.82) is 0 Å². The molecule has 2 N–H and O–H groups in total. The summed E-state index contributed by atoms with van der Waals surface area (Å²) in [6.45, 7) is 0. The Morgan fingerprint density at radius 3 is 1.78 bits per heavy atom. The van der Waals surface area contributed by atoms with E-state index in [1.807, 2.05) is 0 Å². The number of carbonyl (C=O) groups is 2. The molecule has 0 aliphatic rings. The average Bonchev–Trinajstić information content (AvgIpc) is 2.84. The Balaban J connectivity index is 2.04. The van der Waals surface area contributed by atoms with Crippen LogP contribution in [0, 0.1) is 15.2 Å². The van der Waals surface area contributed by atoms with Crippen LogP contribution in [0.1, 0.15) is 31.8 Å². The number of hydrogen-bond donors (Lipinski definition) is 2. The van der Waals surface area contributed by atoms with Gasteiger partial charge in [-0.2, -0.15) is 39.5 Å². The standard InChI is InChI=1S/C24H11F12IN2O2/c25-12-6-4-10(5-7-12)19(40)38-16-3-1-2-13(17(16)26)20(41)39-18-14(22(28,29)30)8-11(9-15(18)37)21(27,23(31,32)33)24(34,35)36/h1-9H,(H,38,40)(H,39,41). The summed E-state index contributed by atoms with van der Waals surface area (Å²) in [6.07, 6.45) is -19.2. The van der Waals surface area contributed by atoms with Gasteiger partial charge < -0.3 is 10.6 Å². The number of nitrogens with one attached hydrogen (secondary N) is 2. The number of rotatable bonds is 5. The van der Waals surface area contributed by atoms with Gasteiger partial charge in [-0.1, -0.05) is 6.07 Å². The SMILES string of the molecule is O=C(Nc1cccc(C(=O)Nc2c(I)cc(C(F)(C(F)(F)F)C(F)(F)F)cc2C(F)(F)F)c1F)c1ccc(F)cc1. The third kappa shape index (κ3) is 6.38. The van der Waals surface area contributed by atoms with E-state index in [1.54, 1.807) is 5.32 Å². The second-order valence-corrected chi connectivity index (χ2v) is 9.28. The number of anilines is 2. The second-order valence-electron chi connectivity index (χ2n) is 8.11. The zero-order chi connectivity index (χ0) is 31.1. The molecular formula is C24H11F12IN2O2. The van der Waals surface area contributed by atoms with Crippen molar-refractivity contribution in [2.24, 2.45) is 0 Å². The van der Waals surface area contributed by atoms with Crippen LogP contribution in [-0.4, -0.2) is 24.2 Å². The molecule has 41 heavy (non-hydrogen) atoms. The van der Waals surface area contributed by atoms with Gasteiger partial charge in [0.05, 0.1) is 22.5 Å². The van der Waals surface area contributed by atoms with E-state index >= 15 is 4.39 Å². The lowest BCUT2D eigenvalue weighted by molar-refractivity contribution is -0.348. The molecule has 0 saturated heterocycles. The van der Waals surface area contributed by atoms with Crippen molar-refractivity contribution in [3.8, 4) is 0 Å². The first-order valence-corrected chi connectivity index (χ1v) is 11.7. The maximum atomic E-state index is 15.0. The highest BCUT2D eigenvalue weighted by Gasteiger charge is 2.73. The van der Waals surface area contributed by atoms with Gasteiger partial charge in [-0.05, 0) is 71.1 Å². The van der Waals surface area contributed by atoms with Crippen molar-refractivity contribution in [2.45, 2.75) is 24.2 Å². The van der Waals surface area contributed by atoms with Crippen molar-refractivity contribution in [3.05, 3.63) is 92.1 Å². The predicted octanol–water partition coefficient (Wildman–Crippen LogP) is 8.38. The Hall–Kier alpha value is -3.51. The molecule has 0 radical (unpaired) electrons. The number of hydrogen-bond acceptors (Lipinski definition) is 2. The topological polar surface area (TPSA) is 58.2 Å². The fraction of sp³-hybridized carbons (Fsp3) is 0.167. The molecule has 220 valence electrons. The zero-order valence-electron chi connectivity index (χ0n) is 19.4. The quantitative estimate of drug-likeness (QED) is 0.206. The molecule has 0 heterocycles. The van der Waals surface area contributed by atoms with Crippen molar-refractivity contribution in [1.82, 2.24) is 0 Å². The summed E-state index contributed by atoms with van der Waals surface area (Å²) in [6, 6.07) is 5.63. The summed E-state index contributed by atoms with van der Waals surface area (Å²) in [4.78, 5) is 25.0. The number of halogens is 13. The van der Waals surface area contributed by atoms with Gasteiger partial charge in [0.2, 0.25) is 0 Å². The molecule has 2 amide bonds. The Morgan fingerprint density at radius 1 is 0.707 bits per heavy atom. The van der Waals surface area contributed by atoms with Gasteiger partial charge >= 0.3 is 24.2 Å². The molecule has 3 rings (SSSR count). The lowest BCUT2D eigenvalue weighted by atomic mass is 9.92. The minimum Gasteiger partial charge on any atom is -0.320 e. The van der Waals surface area contributed by atoms with Crippen LogP contribution in [0.2, 0.25) is 0 Å². The molecule has 3 aromatic carbocycles. The fourth-order valence-electron chi connectivity index (χ4n) is 3.42. The third-order valence-corrected chi connectivity index (χ3v) is 6.26. The molecule has 3 aromatic rings. The van der Waals surface area contributed by atoms with Gasteiger partial charge in [-0.25, -0.2) is 13.2 Å². The summed E-state index contributed by atoms with van der Waals surface area (Å²) in [7, 11) is 0. The van der Waals surface area contributed by atoms with Crippen LogP contribution in [0.15, 0.2) is 54.6 Å². The molecular weight excluding hydrogens is 703 g/mol. The molecule has 17 heteroatoms. The van der Waals surface area contributed by atoms with Gasteiger partial charge in [0.25, 0.3) is 11.8 Å². The van der Waals surface area contributed by atoms with Crippen LogP contribution >= 0.6 is 22.6 Å². The molecule has 0 aliphatic carbocycles. The largest absolute Gasteiger partial charge is 0.435 e. The molecule has 0 aliphatic heterocycles. The van der Waals surface area contributed by atoms with Gasteiger partial charge in [0, 0.05) is 14.7 Å². The third-order valence-electron chi connectivity index (χ3n) is 5.41.